The third-order valence-corrected chi connectivity index (χ3v) is 4.53. The number of halogens is 3. The van der Waals surface area contributed by atoms with Gasteiger partial charge in [0.2, 0.25) is 0 Å². The molecule has 0 amide bonds. The lowest BCUT2D eigenvalue weighted by Gasteiger charge is -2.13. The van der Waals surface area contributed by atoms with Crippen LogP contribution in [0.2, 0.25) is 0 Å². The first-order valence-corrected chi connectivity index (χ1v) is 7.76. The number of hydrogen-bond acceptors (Lipinski definition) is 3. The first kappa shape index (κ1) is 15.6. The van der Waals surface area contributed by atoms with E-state index in [1.54, 1.807) is 11.3 Å². The Balaban J connectivity index is 1.82. The molecule has 0 aliphatic carbocycles. The Labute approximate surface area is 128 Å². The molecule has 108 valence electrons. The average molecular weight is 362 g/mol. The maximum absolute atomic E-state index is 13.4. The Bertz CT molecular complexity index is 556. The molecule has 20 heavy (non-hydrogen) atoms. The maximum Gasteiger partial charge on any atom is 0.131 e. The van der Waals surface area contributed by atoms with Crippen LogP contribution in [0.1, 0.15) is 16.5 Å². The van der Waals surface area contributed by atoms with E-state index in [0.717, 1.165) is 22.3 Å². The number of nitrogens with one attached hydrogen (secondary N) is 1. The summed E-state index contributed by atoms with van der Waals surface area (Å²) in [5, 5.41) is 12.8. The van der Waals surface area contributed by atoms with Gasteiger partial charge in [0.15, 0.2) is 0 Å². The van der Waals surface area contributed by atoms with Gasteiger partial charge in [-0.25, -0.2) is 8.78 Å². The van der Waals surface area contributed by atoms with Crippen molar-refractivity contribution in [1.82, 2.24) is 5.32 Å². The first-order valence-electron chi connectivity index (χ1n) is 6.15. The smallest absolute Gasteiger partial charge is 0.131 e. The van der Waals surface area contributed by atoms with Gasteiger partial charge in [-0.2, -0.15) is 0 Å². The van der Waals surface area contributed by atoms with Crippen molar-refractivity contribution in [3.63, 3.8) is 0 Å². The Morgan fingerprint density at radius 1 is 1.20 bits per heavy atom. The Kier molecular flexibility index (Phi) is 5.65. The molecule has 0 saturated carbocycles. The van der Waals surface area contributed by atoms with Crippen LogP contribution in [-0.4, -0.2) is 18.2 Å². The standard InChI is InChI=1S/C14H14BrF2NOS/c15-13-5-4-9(20-13)6-7-18-8-12(19)14-10(16)2-1-3-11(14)17/h1-5,12,18-19H,6-8H2. The zero-order valence-corrected chi connectivity index (χ0v) is 13.0. The molecule has 1 aromatic carbocycles. The fraction of sp³-hybridized carbons (Fsp3) is 0.286. The van der Waals surface area contributed by atoms with Crippen molar-refractivity contribution in [2.75, 3.05) is 13.1 Å². The van der Waals surface area contributed by atoms with Crippen molar-refractivity contribution in [3.8, 4) is 0 Å². The van der Waals surface area contributed by atoms with Crippen molar-refractivity contribution >= 4 is 27.3 Å². The minimum Gasteiger partial charge on any atom is -0.387 e. The second kappa shape index (κ2) is 7.26. The molecule has 0 fully saturated rings. The Morgan fingerprint density at radius 3 is 2.50 bits per heavy atom. The summed E-state index contributed by atoms with van der Waals surface area (Å²) in [5.41, 5.74) is -0.279. The van der Waals surface area contributed by atoms with Crippen LogP contribution in [0.4, 0.5) is 8.78 Å². The van der Waals surface area contributed by atoms with E-state index >= 15 is 0 Å². The van der Waals surface area contributed by atoms with Crippen LogP contribution in [0.25, 0.3) is 0 Å². The molecule has 0 radical (unpaired) electrons. The van der Waals surface area contributed by atoms with E-state index in [1.165, 1.54) is 10.9 Å². The lowest BCUT2D eigenvalue weighted by molar-refractivity contribution is 0.165. The van der Waals surface area contributed by atoms with Crippen LogP contribution in [-0.2, 0) is 6.42 Å². The van der Waals surface area contributed by atoms with Gasteiger partial charge in [-0.05, 0) is 46.6 Å². The predicted molar refractivity (Wildman–Crippen MR) is 79.9 cm³/mol. The predicted octanol–water partition coefficient (Wildman–Crippen LogP) is 3.65. The molecule has 0 saturated heterocycles. The first-order chi connectivity index (χ1) is 9.58. The number of aliphatic hydroxyl groups excluding tert-OH is 1. The second-order valence-corrected chi connectivity index (χ2v) is 6.86. The zero-order chi connectivity index (χ0) is 14.5. The number of aliphatic hydroxyl groups is 1. The largest absolute Gasteiger partial charge is 0.387 e. The second-order valence-electron chi connectivity index (χ2n) is 4.31. The molecule has 1 atom stereocenters. The normalized spacial score (nSPS) is 12.6. The van der Waals surface area contributed by atoms with Gasteiger partial charge in [0, 0.05) is 18.0 Å². The van der Waals surface area contributed by atoms with Crippen molar-refractivity contribution in [1.29, 1.82) is 0 Å². The molecule has 2 rings (SSSR count). The van der Waals surface area contributed by atoms with Crippen LogP contribution in [0.15, 0.2) is 34.1 Å². The monoisotopic (exact) mass is 361 g/mol. The van der Waals surface area contributed by atoms with E-state index in [-0.39, 0.29) is 12.1 Å². The highest BCUT2D eigenvalue weighted by Crippen LogP contribution is 2.22. The van der Waals surface area contributed by atoms with Gasteiger partial charge >= 0.3 is 0 Å². The van der Waals surface area contributed by atoms with E-state index < -0.39 is 17.7 Å². The van der Waals surface area contributed by atoms with Gasteiger partial charge in [0.05, 0.1) is 15.5 Å². The van der Waals surface area contributed by atoms with Crippen molar-refractivity contribution in [2.24, 2.45) is 0 Å². The Hall–Kier alpha value is -0.820. The van der Waals surface area contributed by atoms with Crippen molar-refractivity contribution < 1.29 is 13.9 Å². The van der Waals surface area contributed by atoms with E-state index in [4.69, 9.17) is 0 Å². The molecular formula is C14H14BrF2NOS. The highest BCUT2D eigenvalue weighted by Gasteiger charge is 2.17. The summed E-state index contributed by atoms with van der Waals surface area (Å²) in [5.74, 6) is -1.44. The van der Waals surface area contributed by atoms with Crippen LogP contribution >= 0.6 is 27.3 Å². The van der Waals surface area contributed by atoms with E-state index in [2.05, 4.69) is 21.2 Å². The summed E-state index contributed by atoms with van der Waals surface area (Å²) >= 11 is 5.03. The molecule has 6 heteroatoms. The Morgan fingerprint density at radius 2 is 1.90 bits per heavy atom. The van der Waals surface area contributed by atoms with Crippen LogP contribution in [0.5, 0.6) is 0 Å². The van der Waals surface area contributed by atoms with Crippen molar-refractivity contribution in [2.45, 2.75) is 12.5 Å². The molecule has 0 spiro atoms. The third-order valence-electron chi connectivity index (χ3n) is 2.85. The summed E-state index contributed by atoms with van der Waals surface area (Å²) in [6.45, 7) is 0.754. The van der Waals surface area contributed by atoms with Gasteiger partial charge < -0.3 is 10.4 Å². The lowest BCUT2D eigenvalue weighted by Crippen LogP contribution is -2.24. The number of thiophene rings is 1. The molecule has 1 unspecified atom stereocenters. The third kappa shape index (κ3) is 4.09. The summed E-state index contributed by atoms with van der Waals surface area (Å²) in [7, 11) is 0. The molecule has 2 N–H and O–H groups in total. The van der Waals surface area contributed by atoms with Gasteiger partial charge in [-0.15, -0.1) is 11.3 Å². The highest BCUT2D eigenvalue weighted by atomic mass is 79.9. The fourth-order valence-corrected chi connectivity index (χ4v) is 3.35. The molecule has 0 bridgehead atoms. The topological polar surface area (TPSA) is 32.3 Å². The SMILES string of the molecule is OC(CNCCc1ccc(Br)s1)c1c(F)cccc1F. The van der Waals surface area contributed by atoms with Gasteiger partial charge in [-0.3, -0.25) is 0 Å². The molecule has 1 aromatic heterocycles. The molecule has 1 heterocycles. The molecule has 0 aliphatic rings. The maximum atomic E-state index is 13.4. The van der Waals surface area contributed by atoms with E-state index in [9.17, 15) is 13.9 Å². The average Bonchev–Trinajstić information content (AvgIpc) is 2.80. The molecule has 2 aromatic rings. The van der Waals surface area contributed by atoms with Crippen LogP contribution < -0.4 is 5.32 Å². The van der Waals surface area contributed by atoms with Gasteiger partial charge in [0.25, 0.3) is 0 Å². The van der Waals surface area contributed by atoms with E-state index in [0.29, 0.717) is 6.54 Å². The minimum atomic E-state index is -1.19. The number of hydrogen-bond donors (Lipinski definition) is 2. The quantitative estimate of drug-likeness (QED) is 0.769. The number of benzene rings is 1. The van der Waals surface area contributed by atoms with Gasteiger partial charge in [0.1, 0.15) is 11.6 Å². The molecule has 0 aliphatic heterocycles. The van der Waals surface area contributed by atoms with Crippen LogP contribution in [0, 0.1) is 11.6 Å². The lowest BCUT2D eigenvalue weighted by atomic mass is 10.1. The number of rotatable bonds is 6. The fourth-order valence-electron chi connectivity index (χ4n) is 1.87. The van der Waals surface area contributed by atoms with Crippen molar-refractivity contribution in [3.05, 3.63) is 56.2 Å². The van der Waals surface area contributed by atoms with Gasteiger partial charge in [-0.1, -0.05) is 6.07 Å². The minimum absolute atomic E-state index is 0.115. The van der Waals surface area contributed by atoms with Crippen LogP contribution in [0.3, 0.4) is 0 Å². The van der Waals surface area contributed by atoms with E-state index in [1.807, 2.05) is 12.1 Å². The summed E-state index contributed by atoms with van der Waals surface area (Å²) in [4.78, 5) is 1.20. The molecule has 2 nitrogen and oxygen atoms in total. The summed E-state index contributed by atoms with van der Waals surface area (Å²) in [6, 6.07) is 7.56. The molecular weight excluding hydrogens is 348 g/mol. The highest BCUT2D eigenvalue weighted by molar-refractivity contribution is 9.11. The summed E-state index contributed by atoms with van der Waals surface area (Å²) in [6.07, 6.45) is -0.380. The zero-order valence-electron chi connectivity index (χ0n) is 10.6. The summed E-state index contributed by atoms with van der Waals surface area (Å²) < 4.78 is 28.0.